The minimum absolute atomic E-state index is 0.311. The third kappa shape index (κ3) is 4.05. The molecule has 0 aromatic heterocycles. The molecule has 0 amide bonds. The standard InChI is InChI=1S/C5H6AsNO2/c6-4(5(8)9)2-1-3-7/h4H,1-2H2,(H,8,9)/t4-/m0/s1. The maximum atomic E-state index is 10.1. The van der Waals surface area contributed by atoms with Gasteiger partial charge in [-0.25, -0.2) is 0 Å². The molecule has 0 unspecified atom stereocenters. The van der Waals surface area contributed by atoms with Crippen molar-refractivity contribution in [2.24, 2.45) is 0 Å². The fourth-order valence-electron chi connectivity index (χ4n) is 0.325. The normalized spacial score (nSPS) is 12.0. The van der Waals surface area contributed by atoms with Gasteiger partial charge in [0.25, 0.3) is 0 Å². The Labute approximate surface area is 62.2 Å². The van der Waals surface area contributed by atoms with Crippen molar-refractivity contribution in [2.45, 2.75) is 17.5 Å². The van der Waals surface area contributed by atoms with E-state index in [2.05, 4.69) is 0 Å². The Balaban J connectivity index is 3.41. The molecule has 0 saturated carbocycles. The van der Waals surface area contributed by atoms with Crippen LogP contribution in [-0.2, 0) is 4.79 Å². The number of rotatable bonds is 3. The molecule has 0 aromatic rings. The molecule has 0 fully saturated rings. The van der Waals surface area contributed by atoms with Crippen molar-refractivity contribution >= 4 is 22.8 Å². The van der Waals surface area contributed by atoms with Crippen molar-refractivity contribution in [3.05, 3.63) is 0 Å². The van der Waals surface area contributed by atoms with Gasteiger partial charge in [0.15, 0.2) is 0 Å². The Morgan fingerprint density at radius 1 is 1.89 bits per heavy atom. The van der Waals surface area contributed by atoms with E-state index in [9.17, 15) is 4.79 Å². The maximum absolute atomic E-state index is 10.1. The molecule has 0 aliphatic carbocycles. The molecule has 0 rings (SSSR count). The van der Waals surface area contributed by atoms with Gasteiger partial charge in [0.05, 0.1) is 0 Å². The molecule has 4 heteroatoms. The zero-order chi connectivity index (χ0) is 7.28. The van der Waals surface area contributed by atoms with Gasteiger partial charge in [-0.1, -0.05) is 0 Å². The predicted octanol–water partition coefficient (Wildman–Crippen LogP) is 0.332. The first-order chi connectivity index (χ1) is 4.18. The number of carboxylic acid groups (broad SMARTS) is 1. The van der Waals surface area contributed by atoms with Gasteiger partial charge in [-0.3, -0.25) is 0 Å². The van der Waals surface area contributed by atoms with Crippen LogP contribution >= 0.6 is 0 Å². The van der Waals surface area contributed by atoms with Crippen LogP contribution < -0.4 is 0 Å². The van der Waals surface area contributed by atoms with E-state index in [4.69, 9.17) is 10.4 Å². The monoisotopic (exact) mass is 187 g/mol. The second-order valence-corrected chi connectivity index (χ2v) is 2.86. The van der Waals surface area contributed by atoms with Crippen molar-refractivity contribution in [3.8, 4) is 6.07 Å². The fourth-order valence-corrected chi connectivity index (χ4v) is 0.596. The van der Waals surface area contributed by atoms with E-state index >= 15 is 0 Å². The third-order valence-corrected chi connectivity index (χ3v) is 1.82. The molecule has 48 valence electrons. The quantitative estimate of drug-likeness (QED) is 0.647. The van der Waals surface area contributed by atoms with Crippen molar-refractivity contribution in [2.75, 3.05) is 0 Å². The zero-order valence-corrected chi connectivity index (χ0v) is 6.62. The summed E-state index contributed by atoms with van der Waals surface area (Å²) in [7, 11) is 0. The van der Waals surface area contributed by atoms with Crippen LogP contribution in [0.2, 0.25) is 4.71 Å². The summed E-state index contributed by atoms with van der Waals surface area (Å²) in [4.78, 5) is 10.1. The van der Waals surface area contributed by atoms with Gasteiger partial charge >= 0.3 is 61.6 Å². The number of carboxylic acids is 1. The van der Waals surface area contributed by atoms with E-state index in [1.54, 1.807) is 0 Å². The second-order valence-electron chi connectivity index (χ2n) is 1.55. The first-order valence-corrected chi connectivity index (χ1v) is 3.54. The summed E-state index contributed by atoms with van der Waals surface area (Å²) in [6.45, 7) is 0. The summed E-state index contributed by atoms with van der Waals surface area (Å²) in [5.41, 5.74) is 0. The van der Waals surface area contributed by atoms with Gasteiger partial charge in [0.1, 0.15) is 0 Å². The van der Waals surface area contributed by atoms with Crippen LogP contribution in [0.25, 0.3) is 0 Å². The predicted molar refractivity (Wildman–Crippen MR) is 32.0 cm³/mol. The van der Waals surface area contributed by atoms with E-state index in [0.717, 1.165) is 0 Å². The van der Waals surface area contributed by atoms with Gasteiger partial charge in [0, 0.05) is 0 Å². The Morgan fingerprint density at radius 3 is 2.78 bits per heavy atom. The SMILES string of the molecule is N#CCC[C@H]([As])C(=O)O. The molecule has 0 aliphatic rings. The number of aliphatic carboxylic acids is 1. The Bertz CT molecular complexity index is 140. The molecular formula is C5H6AsNO2. The summed E-state index contributed by atoms with van der Waals surface area (Å²) in [6.07, 6.45) is 0.734. The van der Waals surface area contributed by atoms with Gasteiger partial charge in [0.2, 0.25) is 0 Å². The Hall–Kier alpha value is -0.482. The average Bonchev–Trinajstić information content (AvgIpc) is 1.82. The average molecular weight is 187 g/mol. The molecule has 0 aromatic carbocycles. The van der Waals surface area contributed by atoms with E-state index in [1.165, 1.54) is 0 Å². The minimum atomic E-state index is -0.856. The Morgan fingerprint density at radius 2 is 2.44 bits per heavy atom. The second kappa shape index (κ2) is 4.40. The summed E-state index contributed by atoms with van der Waals surface area (Å²) in [5.74, 6) is -0.856. The summed E-state index contributed by atoms with van der Waals surface area (Å²) in [5, 5.41) is 16.3. The molecule has 9 heavy (non-hydrogen) atoms. The van der Waals surface area contributed by atoms with Crippen molar-refractivity contribution in [1.29, 1.82) is 5.26 Å². The van der Waals surface area contributed by atoms with Crippen LogP contribution in [0.5, 0.6) is 0 Å². The summed E-state index contributed by atoms with van der Waals surface area (Å²) < 4.78 is -0.447. The van der Waals surface area contributed by atoms with E-state index in [-0.39, 0.29) is 0 Å². The van der Waals surface area contributed by atoms with Crippen LogP contribution in [0.4, 0.5) is 0 Å². The number of hydrogen-bond acceptors (Lipinski definition) is 2. The molecule has 1 N–H and O–H groups in total. The van der Waals surface area contributed by atoms with Crippen molar-refractivity contribution in [1.82, 2.24) is 0 Å². The molecule has 0 bridgehead atoms. The van der Waals surface area contributed by atoms with Gasteiger partial charge in [-0.05, 0) is 0 Å². The summed E-state index contributed by atoms with van der Waals surface area (Å²) in [6, 6.07) is 1.88. The van der Waals surface area contributed by atoms with E-state index < -0.39 is 10.7 Å². The topological polar surface area (TPSA) is 61.1 Å². The fraction of sp³-hybridized carbons (Fsp3) is 0.600. The molecule has 0 aliphatic heterocycles. The number of nitrogens with zero attached hydrogens (tertiary/aromatic N) is 1. The first-order valence-electron chi connectivity index (χ1n) is 2.46. The number of nitriles is 1. The van der Waals surface area contributed by atoms with E-state index in [1.807, 2.05) is 22.9 Å². The van der Waals surface area contributed by atoms with Crippen LogP contribution in [-0.4, -0.2) is 27.9 Å². The van der Waals surface area contributed by atoms with E-state index in [0.29, 0.717) is 12.8 Å². The molecule has 3 nitrogen and oxygen atoms in total. The molecule has 1 atom stereocenters. The molecule has 0 spiro atoms. The van der Waals surface area contributed by atoms with Crippen LogP contribution in [0.1, 0.15) is 12.8 Å². The van der Waals surface area contributed by atoms with Crippen molar-refractivity contribution in [3.63, 3.8) is 0 Å². The first kappa shape index (κ1) is 8.52. The molecule has 0 heterocycles. The van der Waals surface area contributed by atoms with Gasteiger partial charge < -0.3 is 0 Å². The van der Waals surface area contributed by atoms with Crippen LogP contribution in [0.3, 0.4) is 0 Å². The molecule has 2 radical (unpaired) electrons. The number of hydrogen-bond donors (Lipinski definition) is 1. The molecule has 0 saturated heterocycles. The van der Waals surface area contributed by atoms with Crippen LogP contribution in [0, 0.1) is 11.3 Å². The van der Waals surface area contributed by atoms with Crippen molar-refractivity contribution < 1.29 is 9.90 Å². The zero-order valence-electron chi connectivity index (χ0n) is 4.74. The number of carbonyl (C=O) groups is 1. The third-order valence-electron chi connectivity index (χ3n) is 0.815. The Kier molecular flexibility index (Phi) is 4.17. The van der Waals surface area contributed by atoms with Gasteiger partial charge in [-0.15, -0.1) is 0 Å². The molecular weight excluding hydrogens is 181 g/mol. The van der Waals surface area contributed by atoms with Gasteiger partial charge in [-0.2, -0.15) is 0 Å². The van der Waals surface area contributed by atoms with Crippen LogP contribution in [0.15, 0.2) is 0 Å². The summed E-state index contributed by atoms with van der Waals surface area (Å²) >= 11 is 2.03.